The van der Waals surface area contributed by atoms with Crippen LogP contribution >= 0.6 is 0 Å². The number of carbonyl (C=O) groups is 1. The van der Waals surface area contributed by atoms with Crippen LogP contribution in [0.2, 0.25) is 0 Å². The van der Waals surface area contributed by atoms with E-state index in [4.69, 9.17) is 10.8 Å². The minimum absolute atomic E-state index is 0.171. The van der Waals surface area contributed by atoms with Gasteiger partial charge in [0.05, 0.1) is 6.54 Å². The van der Waals surface area contributed by atoms with Crippen molar-refractivity contribution in [2.45, 2.75) is 12.8 Å². The molecule has 0 atom stereocenters. The number of carboxylic acid groups (broad SMARTS) is 1. The number of nitrogens with zero attached hydrogens (tertiary/aromatic N) is 2. The second kappa shape index (κ2) is 6.76. The molecule has 0 bridgehead atoms. The first-order valence-corrected chi connectivity index (χ1v) is 5.59. The van der Waals surface area contributed by atoms with Gasteiger partial charge in [-0.1, -0.05) is 0 Å². The molecule has 0 aromatic carbocycles. The van der Waals surface area contributed by atoms with Crippen LogP contribution in [0.1, 0.15) is 12.8 Å². The van der Waals surface area contributed by atoms with Gasteiger partial charge in [0.25, 0.3) is 0 Å². The van der Waals surface area contributed by atoms with E-state index in [0.717, 1.165) is 52.1 Å². The van der Waals surface area contributed by atoms with Crippen LogP contribution in [0.5, 0.6) is 0 Å². The van der Waals surface area contributed by atoms with Crippen molar-refractivity contribution in [1.82, 2.24) is 9.80 Å². The largest absolute Gasteiger partial charge is 0.480 e. The molecule has 1 aliphatic rings. The molecule has 5 nitrogen and oxygen atoms in total. The molecule has 15 heavy (non-hydrogen) atoms. The predicted molar refractivity (Wildman–Crippen MR) is 58.8 cm³/mol. The molecule has 0 aromatic rings. The minimum atomic E-state index is -0.731. The third-order valence-corrected chi connectivity index (χ3v) is 2.72. The standard InChI is InChI=1S/C10H21N3O2/c11-3-1-4-12-5-2-6-13(8-7-12)9-10(14)15/h1-9,11H2,(H,14,15). The lowest BCUT2D eigenvalue weighted by Gasteiger charge is -2.20. The fourth-order valence-electron chi connectivity index (χ4n) is 1.91. The summed E-state index contributed by atoms with van der Waals surface area (Å²) in [5, 5.41) is 8.69. The molecule has 0 radical (unpaired) electrons. The van der Waals surface area contributed by atoms with E-state index in [1.807, 2.05) is 4.90 Å². The van der Waals surface area contributed by atoms with Gasteiger partial charge in [-0.2, -0.15) is 0 Å². The molecular formula is C10H21N3O2. The van der Waals surface area contributed by atoms with Crippen LogP contribution in [-0.2, 0) is 4.79 Å². The van der Waals surface area contributed by atoms with Gasteiger partial charge in [-0.25, -0.2) is 0 Å². The number of carboxylic acids is 1. The summed E-state index contributed by atoms with van der Waals surface area (Å²) in [6.45, 7) is 5.73. The van der Waals surface area contributed by atoms with Gasteiger partial charge in [0.15, 0.2) is 0 Å². The molecule has 1 rings (SSSR count). The lowest BCUT2D eigenvalue weighted by atomic mass is 10.3. The Morgan fingerprint density at radius 1 is 1.20 bits per heavy atom. The van der Waals surface area contributed by atoms with Gasteiger partial charge in [0.1, 0.15) is 0 Å². The molecule has 0 unspecified atom stereocenters. The zero-order chi connectivity index (χ0) is 11.1. The van der Waals surface area contributed by atoms with Gasteiger partial charge in [-0.15, -0.1) is 0 Å². The molecule has 0 saturated carbocycles. The third kappa shape index (κ3) is 5.11. The van der Waals surface area contributed by atoms with Crippen molar-refractivity contribution in [3.8, 4) is 0 Å². The molecule has 1 heterocycles. The summed E-state index contributed by atoms with van der Waals surface area (Å²) in [5.74, 6) is -0.731. The fraction of sp³-hybridized carbons (Fsp3) is 0.900. The van der Waals surface area contributed by atoms with Crippen LogP contribution in [0.4, 0.5) is 0 Å². The molecular weight excluding hydrogens is 194 g/mol. The molecule has 0 amide bonds. The number of hydrogen-bond acceptors (Lipinski definition) is 4. The Labute approximate surface area is 90.8 Å². The van der Waals surface area contributed by atoms with Crippen molar-refractivity contribution < 1.29 is 9.90 Å². The van der Waals surface area contributed by atoms with E-state index >= 15 is 0 Å². The average Bonchev–Trinajstić information content (AvgIpc) is 2.40. The van der Waals surface area contributed by atoms with Crippen LogP contribution in [0.25, 0.3) is 0 Å². The van der Waals surface area contributed by atoms with Crippen molar-refractivity contribution in [2.24, 2.45) is 5.73 Å². The molecule has 0 aromatic heterocycles. The number of hydrogen-bond donors (Lipinski definition) is 2. The third-order valence-electron chi connectivity index (χ3n) is 2.72. The molecule has 1 saturated heterocycles. The average molecular weight is 215 g/mol. The Morgan fingerprint density at radius 3 is 2.53 bits per heavy atom. The highest BCUT2D eigenvalue weighted by molar-refractivity contribution is 5.69. The van der Waals surface area contributed by atoms with Crippen molar-refractivity contribution in [1.29, 1.82) is 0 Å². The van der Waals surface area contributed by atoms with Gasteiger partial charge in [-0.05, 0) is 32.5 Å². The van der Waals surface area contributed by atoms with Gasteiger partial charge in [-0.3, -0.25) is 9.69 Å². The van der Waals surface area contributed by atoms with E-state index in [9.17, 15) is 4.79 Å². The molecule has 0 spiro atoms. The topological polar surface area (TPSA) is 69.8 Å². The maximum atomic E-state index is 10.6. The first kappa shape index (κ1) is 12.4. The normalized spacial score (nSPS) is 20.1. The molecule has 3 N–H and O–H groups in total. The maximum absolute atomic E-state index is 10.6. The van der Waals surface area contributed by atoms with Gasteiger partial charge in [0, 0.05) is 19.6 Å². The van der Waals surface area contributed by atoms with Gasteiger partial charge in [0.2, 0.25) is 0 Å². The van der Waals surface area contributed by atoms with Gasteiger partial charge < -0.3 is 15.7 Å². The Kier molecular flexibility index (Phi) is 5.60. The summed E-state index contributed by atoms with van der Waals surface area (Å²) < 4.78 is 0. The molecule has 5 heteroatoms. The van der Waals surface area contributed by atoms with Crippen molar-refractivity contribution >= 4 is 5.97 Å². The SMILES string of the molecule is NCCCN1CCCN(CC(=O)O)CC1. The number of rotatable bonds is 5. The van der Waals surface area contributed by atoms with E-state index in [-0.39, 0.29) is 6.54 Å². The predicted octanol–water partition coefficient (Wildman–Crippen LogP) is -0.572. The van der Waals surface area contributed by atoms with Crippen LogP contribution in [-0.4, -0.2) is 66.7 Å². The highest BCUT2D eigenvalue weighted by Crippen LogP contribution is 2.03. The van der Waals surface area contributed by atoms with E-state index in [1.54, 1.807) is 0 Å². The maximum Gasteiger partial charge on any atom is 0.317 e. The van der Waals surface area contributed by atoms with E-state index in [2.05, 4.69) is 4.90 Å². The van der Waals surface area contributed by atoms with Gasteiger partial charge >= 0.3 is 5.97 Å². The smallest absolute Gasteiger partial charge is 0.317 e. The lowest BCUT2D eigenvalue weighted by Crippen LogP contribution is -2.34. The summed E-state index contributed by atoms with van der Waals surface area (Å²) in [4.78, 5) is 14.9. The van der Waals surface area contributed by atoms with Crippen LogP contribution < -0.4 is 5.73 Å². The summed E-state index contributed by atoms with van der Waals surface area (Å²) in [5.41, 5.74) is 5.46. The first-order valence-electron chi connectivity index (χ1n) is 5.59. The first-order chi connectivity index (χ1) is 7.22. The summed E-state index contributed by atoms with van der Waals surface area (Å²) in [6.07, 6.45) is 2.08. The second-order valence-corrected chi connectivity index (χ2v) is 4.01. The second-order valence-electron chi connectivity index (χ2n) is 4.01. The monoisotopic (exact) mass is 215 g/mol. The number of aliphatic carboxylic acids is 1. The van der Waals surface area contributed by atoms with E-state index in [0.29, 0.717) is 0 Å². The molecule has 1 aliphatic heterocycles. The molecule has 88 valence electrons. The molecule has 0 aliphatic carbocycles. The van der Waals surface area contributed by atoms with E-state index < -0.39 is 5.97 Å². The van der Waals surface area contributed by atoms with Crippen LogP contribution in [0.15, 0.2) is 0 Å². The van der Waals surface area contributed by atoms with E-state index in [1.165, 1.54) is 0 Å². The summed E-state index contributed by atoms with van der Waals surface area (Å²) >= 11 is 0. The van der Waals surface area contributed by atoms with Crippen molar-refractivity contribution in [2.75, 3.05) is 45.8 Å². The highest BCUT2D eigenvalue weighted by atomic mass is 16.4. The zero-order valence-corrected chi connectivity index (χ0v) is 9.19. The van der Waals surface area contributed by atoms with Crippen molar-refractivity contribution in [3.05, 3.63) is 0 Å². The highest BCUT2D eigenvalue weighted by Gasteiger charge is 2.15. The molecule has 1 fully saturated rings. The lowest BCUT2D eigenvalue weighted by molar-refractivity contribution is -0.138. The van der Waals surface area contributed by atoms with Crippen molar-refractivity contribution in [3.63, 3.8) is 0 Å². The Hall–Kier alpha value is -0.650. The summed E-state index contributed by atoms with van der Waals surface area (Å²) in [7, 11) is 0. The quantitative estimate of drug-likeness (QED) is 0.642. The Balaban J connectivity index is 2.25. The Bertz CT molecular complexity index is 199. The fourth-order valence-corrected chi connectivity index (χ4v) is 1.91. The minimum Gasteiger partial charge on any atom is -0.480 e. The number of nitrogens with two attached hydrogens (primary N) is 1. The zero-order valence-electron chi connectivity index (χ0n) is 9.19. The summed E-state index contributed by atoms with van der Waals surface area (Å²) in [6, 6.07) is 0. The van der Waals surface area contributed by atoms with Crippen LogP contribution in [0, 0.1) is 0 Å². The van der Waals surface area contributed by atoms with Crippen LogP contribution in [0.3, 0.4) is 0 Å². The Morgan fingerprint density at radius 2 is 1.87 bits per heavy atom.